The summed E-state index contributed by atoms with van der Waals surface area (Å²) in [4.78, 5) is 12.0. The van der Waals surface area contributed by atoms with Crippen molar-refractivity contribution in [3.63, 3.8) is 0 Å². The highest BCUT2D eigenvalue weighted by molar-refractivity contribution is 5.81. The lowest BCUT2D eigenvalue weighted by molar-refractivity contribution is -0.120. The first kappa shape index (κ1) is 15.9. The second kappa shape index (κ2) is 8.06. The Balaban J connectivity index is 1.79. The van der Waals surface area contributed by atoms with Crippen LogP contribution < -0.4 is 10.6 Å². The van der Waals surface area contributed by atoms with Crippen LogP contribution in [0.2, 0.25) is 0 Å². The fourth-order valence-electron chi connectivity index (χ4n) is 2.89. The maximum absolute atomic E-state index is 12.0. The smallest absolute Gasteiger partial charge is 0.239 e. The molecule has 0 atom stereocenters. The third-order valence-electron chi connectivity index (χ3n) is 4.23. The lowest BCUT2D eigenvalue weighted by Gasteiger charge is -2.17. The topological polar surface area (TPSA) is 41.1 Å². The zero-order valence-electron chi connectivity index (χ0n) is 13.3. The van der Waals surface area contributed by atoms with Crippen LogP contribution >= 0.6 is 0 Å². The zero-order valence-corrected chi connectivity index (χ0v) is 13.3. The Bertz CT molecular complexity index is 448. The van der Waals surface area contributed by atoms with E-state index in [4.69, 9.17) is 0 Å². The Hall–Kier alpha value is -1.51. The van der Waals surface area contributed by atoms with Crippen LogP contribution in [0.5, 0.6) is 0 Å². The highest BCUT2D eigenvalue weighted by Crippen LogP contribution is 2.19. The molecule has 0 aromatic heterocycles. The van der Waals surface area contributed by atoms with Gasteiger partial charge in [0.2, 0.25) is 5.91 Å². The molecule has 2 N–H and O–H groups in total. The summed E-state index contributed by atoms with van der Waals surface area (Å²) < 4.78 is 0. The number of hydrogen-bond donors (Lipinski definition) is 2. The van der Waals surface area contributed by atoms with Crippen LogP contribution in [-0.4, -0.2) is 18.5 Å². The molecule has 3 heteroatoms. The summed E-state index contributed by atoms with van der Waals surface area (Å²) in [6.45, 7) is 4.72. The number of carbonyl (C=O) groups excluding carboxylic acids is 1. The molecule has 0 radical (unpaired) electrons. The monoisotopic (exact) mass is 288 g/mol. The fourth-order valence-corrected chi connectivity index (χ4v) is 2.89. The van der Waals surface area contributed by atoms with Crippen molar-refractivity contribution >= 4 is 11.6 Å². The average molecular weight is 288 g/mol. The predicted octanol–water partition coefficient (Wildman–Crippen LogP) is 4.06. The molecular formula is C18H28N2O. The van der Waals surface area contributed by atoms with Gasteiger partial charge in [-0.2, -0.15) is 0 Å². The van der Waals surface area contributed by atoms with E-state index in [9.17, 15) is 4.79 Å². The normalized spacial score (nSPS) is 16.5. The summed E-state index contributed by atoms with van der Waals surface area (Å²) in [6, 6.07) is 8.69. The van der Waals surface area contributed by atoms with Crippen molar-refractivity contribution in [2.24, 2.45) is 0 Å². The van der Waals surface area contributed by atoms with Gasteiger partial charge < -0.3 is 10.6 Å². The molecule has 21 heavy (non-hydrogen) atoms. The van der Waals surface area contributed by atoms with Gasteiger partial charge >= 0.3 is 0 Å². The number of benzene rings is 1. The summed E-state index contributed by atoms with van der Waals surface area (Å²) in [5.41, 5.74) is 2.32. The minimum Gasteiger partial charge on any atom is -0.376 e. The van der Waals surface area contributed by atoms with Gasteiger partial charge in [0.1, 0.15) is 0 Å². The van der Waals surface area contributed by atoms with Crippen molar-refractivity contribution in [2.45, 2.75) is 64.3 Å². The molecule has 1 aliphatic carbocycles. The molecular weight excluding hydrogens is 260 g/mol. The molecule has 0 aliphatic heterocycles. The molecule has 1 saturated carbocycles. The molecule has 1 amide bonds. The number of hydrogen-bond acceptors (Lipinski definition) is 2. The molecule has 1 fully saturated rings. The van der Waals surface area contributed by atoms with E-state index < -0.39 is 0 Å². The van der Waals surface area contributed by atoms with Gasteiger partial charge in [0.05, 0.1) is 6.54 Å². The van der Waals surface area contributed by atoms with Crippen molar-refractivity contribution < 1.29 is 4.79 Å². The van der Waals surface area contributed by atoms with Crippen LogP contribution in [0, 0.1) is 0 Å². The van der Waals surface area contributed by atoms with Crippen LogP contribution in [0.3, 0.4) is 0 Å². The first-order chi connectivity index (χ1) is 10.1. The Morgan fingerprint density at radius 1 is 1.19 bits per heavy atom. The van der Waals surface area contributed by atoms with Gasteiger partial charge in [-0.3, -0.25) is 4.79 Å². The largest absolute Gasteiger partial charge is 0.376 e. The van der Waals surface area contributed by atoms with E-state index >= 15 is 0 Å². The Morgan fingerprint density at radius 3 is 2.57 bits per heavy atom. The van der Waals surface area contributed by atoms with Crippen molar-refractivity contribution in [1.29, 1.82) is 0 Å². The van der Waals surface area contributed by atoms with Gasteiger partial charge in [0.15, 0.2) is 0 Å². The van der Waals surface area contributed by atoms with Crippen LogP contribution in [0.4, 0.5) is 5.69 Å². The summed E-state index contributed by atoms with van der Waals surface area (Å²) in [5.74, 6) is 0.614. The molecule has 1 aliphatic rings. The molecule has 0 unspecified atom stereocenters. The van der Waals surface area contributed by atoms with Crippen molar-refractivity contribution in [3.8, 4) is 0 Å². The fraction of sp³-hybridized carbons (Fsp3) is 0.611. The minimum absolute atomic E-state index is 0.108. The molecule has 0 spiro atoms. The Morgan fingerprint density at radius 2 is 1.90 bits per heavy atom. The number of anilines is 1. The van der Waals surface area contributed by atoms with Crippen LogP contribution in [0.1, 0.15) is 63.9 Å². The maximum Gasteiger partial charge on any atom is 0.239 e. The number of rotatable bonds is 5. The summed E-state index contributed by atoms with van der Waals surface area (Å²) in [7, 11) is 0. The van der Waals surface area contributed by atoms with Gasteiger partial charge in [-0.25, -0.2) is 0 Å². The standard InChI is InChI=1S/C18H28N2O/c1-14(2)15-8-7-11-17(12-15)19-13-18(21)20-16-9-5-3-4-6-10-16/h7-8,11-12,14,16,19H,3-6,9-10,13H2,1-2H3,(H,20,21). The average Bonchev–Trinajstić information content (AvgIpc) is 2.74. The molecule has 1 aromatic carbocycles. The zero-order chi connectivity index (χ0) is 15.1. The second-order valence-electron chi connectivity index (χ2n) is 6.39. The van der Waals surface area contributed by atoms with Crippen LogP contribution in [0.15, 0.2) is 24.3 Å². The molecule has 0 heterocycles. The molecule has 1 aromatic rings. The molecule has 2 rings (SSSR count). The summed E-state index contributed by atoms with van der Waals surface area (Å²) >= 11 is 0. The van der Waals surface area contributed by atoms with Crippen LogP contribution in [0.25, 0.3) is 0 Å². The molecule has 0 bridgehead atoms. The highest BCUT2D eigenvalue weighted by atomic mass is 16.1. The van der Waals surface area contributed by atoms with Gasteiger partial charge in [-0.05, 0) is 36.5 Å². The molecule has 116 valence electrons. The minimum atomic E-state index is 0.108. The summed E-state index contributed by atoms with van der Waals surface area (Å²) in [5, 5.41) is 6.40. The van der Waals surface area contributed by atoms with Gasteiger partial charge in [-0.1, -0.05) is 51.7 Å². The highest BCUT2D eigenvalue weighted by Gasteiger charge is 2.14. The van der Waals surface area contributed by atoms with Gasteiger partial charge in [0, 0.05) is 11.7 Å². The quantitative estimate of drug-likeness (QED) is 0.802. The molecule has 3 nitrogen and oxygen atoms in total. The van der Waals surface area contributed by atoms with Crippen molar-refractivity contribution in [1.82, 2.24) is 5.32 Å². The SMILES string of the molecule is CC(C)c1cccc(NCC(=O)NC2CCCCCC2)c1. The van der Waals surface area contributed by atoms with E-state index in [1.807, 2.05) is 12.1 Å². The van der Waals surface area contributed by atoms with E-state index in [0.717, 1.165) is 18.5 Å². The van der Waals surface area contributed by atoms with Crippen LogP contribution in [-0.2, 0) is 4.79 Å². The third kappa shape index (κ3) is 5.41. The lowest BCUT2D eigenvalue weighted by atomic mass is 10.0. The Kier molecular flexibility index (Phi) is 6.09. The summed E-state index contributed by atoms with van der Waals surface area (Å²) in [6.07, 6.45) is 7.38. The second-order valence-corrected chi connectivity index (χ2v) is 6.39. The van der Waals surface area contributed by atoms with E-state index in [0.29, 0.717) is 18.5 Å². The third-order valence-corrected chi connectivity index (χ3v) is 4.23. The van der Waals surface area contributed by atoms with E-state index in [2.05, 4.69) is 36.6 Å². The lowest BCUT2D eigenvalue weighted by Crippen LogP contribution is -2.38. The van der Waals surface area contributed by atoms with E-state index in [1.165, 1.54) is 31.2 Å². The number of amides is 1. The van der Waals surface area contributed by atoms with Crippen molar-refractivity contribution in [3.05, 3.63) is 29.8 Å². The molecule has 0 saturated heterocycles. The van der Waals surface area contributed by atoms with E-state index in [1.54, 1.807) is 0 Å². The van der Waals surface area contributed by atoms with Crippen molar-refractivity contribution in [2.75, 3.05) is 11.9 Å². The number of carbonyl (C=O) groups is 1. The predicted molar refractivity (Wildman–Crippen MR) is 88.7 cm³/mol. The van der Waals surface area contributed by atoms with E-state index in [-0.39, 0.29) is 5.91 Å². The van der Waals surface area contributed by atoms with Gasteiger partial charge in [-0.15, -0.1) is 0 Å². The Labute approximate surface area is 128 Å². The maximum atomic E-state index is 12.0. The number of nitrogens with one attached hydrogen (secondary N) is 2. The van der Waals surface area contributed by atoms with Gasteiger partial charge in [0.25, 0.3) is 0 Å². The first-order valence-electron chi connectivity index (χ1n) is 8.28. The first-order valence-corrected chi connectivity index (χ1v) is 8.28.